The van der Waals surface area contributed by atoms with Crippen molar-refractivity contribution in [3.05, 3.63) is 0 Å². The van der Waals surface area contributed by atoms with Crippen molar-refractivity contribution < 1.29 is 9.47 Å². The molecule has 0 aromatic rings. The van der Waals surface area contributed by atoms with Crippen LogP contribution in [0.5, 0.6) is 0 Å². The quantitative estimate of drug-likeness (QED) is 0.295. The molecule has 3 N–H and O–H groups in total. The number of ether oxygens (including phenoxy) is 2. The Morgan fingerprint density at radius 3 is 2.43 bits per heavy atom. The Bertz CT molecular complexity index is 113. The maximum absolute atomic E-state index is 5.38. The lowest BCUT2D eigenvalue weighted by Crippen LogP contribution is -2.23. The van der Waals surface area contributed by atoms with Gasteiger partial charge in [0, 0.05) is 14.2 Å². The molecule has 4 nitrogen and oxygen atoms in total. The average Bonchev–Trinajstić information content (AvgIpc) is 2.22. The van der Waals surface area contributed by atoms with Gasteiger partial charge in [-0.25, -0.2) is 0 Å². The molecule has 0 bridgehead atoms. The summed E-state index contributed by atoms with van der Waals surface area (Å²) in [5, 5.41) is 3.36. The average molecular weight is 220 g/mol. The minimum Gasteiger partial charge on any atom is -0.360 e. The predicted octanol–water partition coefficient (Wildman–Crippen LogP) is -0.522. The molecule has 0 unspecified atom stereocenters. The van der Waals surface area contributed by atoms with E-state index in [-0.39, 0.29) is 15.4 Å². The number of methoxy groups -OCH3 is 2. The van der Waals surface area contributed by atoms with E-state index < -0.39 is 0 Å². The van der Waals surface area contributed by atoms with E-state index in [1.807, 2.05) is 0 Å². The van der Waals surface area contributed by atoms with Crippen LogP contribution in [0.25, 0.3) is 0 Å². The van der Waals surface area contributed by atoms with Crippen LogP contribution in [0, 0.1) is 0 Å². The molecule has 5 heteroatoms. The summed E-state index contributed by atoms with van der Waals surface area (Å²) in [6.07, 6.45) is 2.29. The lowest BCUT2D eigenvalue weighted by molar-refractivity contribution is -0.0441. The van der Waals surface area contributed by atoms with E-state index in [2.05, 4.69) is 5.32 Å². The molecule has 0 aromatic carbocycles. The lowest BCUT2D eigenvalue weighted by Gasteiger charge is -2.12. The van der Waals surface area contributed by atoms with Crippen molar-refractivity contribution >= 4 is 9.52 Å². The smallest absolute Gasteiger partial charge is 0.134 e. The Morgan fingerprint density at radius 1 is 1.21 bits per heavy atom. The summed E-state index contributed by atoms with van der Waals surface area (Å²) < 4.78 is 10.3. The molecular formula is C9H24N2O2Si. The van der Waals surface area contributed by atoms with Crippen LogP contribution in [0.15, 0.2) is 0 Å². The Morgan fingerprint density at radius 2 is 1.86 bits per heavy atom. The number of hydrogen-bond acceptors (Lipinski definition) is 4. The molecule has 0 saturated carbocycles. The van der Waals surface area contributed by atoms with E-state index in [0.29, 0.717) is 0 Å². The summed E-state index contributed by atoms with van der Waals surface area (Å²) in [4.78, 5) is 0. The molecule has 0 fully saturated rings. The van der Waals surface area contributed by atoms with Gasteiger partial charge in [0.05, 0.1) is 9.52 Å². The van der Waals surface area contributed by atoms with E-state index in [0.717, 1.165) is 26.1 Å². The van der Waals surface area contributed by atoms with Crippen molar-refractivity contribution in [1.82, 2.24) is 5.32 Å². The standard InChI is InChI=1S/C9H24N2O2Si/c1-12-9(13-2)14-8-4-7-11-6-3-5-10/h9,11H,3-8,10,14H2,1-2H3. The predicted molar refractivity (Wildman–Crippen MR) is 62.3 cm³/mol. The van der Waals surface area contributed by atoms with Crippen molar-refractivity contribution in [3.63, 3.8) is 0 Å². The van der Waals surface area contributed by atoms with Gasteiger partial charge >= 0.3 is 0 Å². The second-order valence-electron chi connectivity index (χ2n) is 3.29. The third-order valence-corrected chi connectivity index (χ3v) is 4.17. The summed E-state index contributed by atoms with van der Waals surface area (Å²) in [7, 11) is 3.19. The first-order valence-corrected chi connectivity index (χ1v) is 7.13. The highest BCUT2D eigenvalue weighted by Crippen LogP contribution is 1.95. The Kier molecular flexibility index (Phi) is 11.2. The first-order chi connectivity index (χ1) is 6.85. The summed E-state index contributed by atoms with van der Waals surface area (Å²) in [5.41, 5.74) is 5.38. The van der Waals surface area contributed by atoms with Crippen molar-refractivity contribution in [3.8, 4) is 0 Å². The van der Waals surface area contributed by atoms with Gasteiger partial charge in [-0.15, -0.1) is 0 Å². The molecule has 0 atom stereocenters. The zero-order chi connectivity index (χ0) is 10.6. The first kappa shape index (κ1) is 14.1. The molecule has 0 aliphatic rings. The number of rotatable bonds is 10. The fourth-order valence-corrected chi connectivity index (χ4v) is 2.59. The van der Waals surface area contributed by atoms with Crippen LogP contribution in [0.3, 0.4) is 0 Å². The summed E-state index contributed by atoms with van der Waals surface area (Å²) >= 11 is 0. The molecule has 14 heavy (non-hydrogen) atoms. The third-order valence-electron chi connectivity index (χ3n) is 2.13. The van der Waals surface area contributed by atoms with Crippen LogP contribution in [0.4, 0.5) is 0 Å². The van der Waals surface area contributed by atoms with E-state index >= 15 is 0 Å². The highest BCUT2D eigenvalue weighted by Gasteiger charge is 2.03. The Labute approximate surface area is 89.3 Å². The first-order valence-electron chi connectivity index (χ1n) is 5.31. The van der Waals surface area contributed by atoms with Crippen molar-refractivity contribution in [2.45, 2.75) is 24.8 Å². The van der Waals surface area contributed by atoms with Crippen molar-refractivity contribution in [2.75, 3.05) is 33.9 Å². The van der Waals surface area contributed by atoms with Gasteiger partial charge in [0.25, 0.3) is 0 Å². The van der Waals surface area contributed by atoms with E-state index in [1.165, 1.54) is 12.5 Å². The number of nitrogens with one attached hydrogen (secondary N) is 1. The van der Waals surface area contributed by atoms with E-state index in [9.17, 15) is 0 Å². The van der Waals surface area contributed by atoms with Gasteiger partial charge in [0.2, 0.25) is 0 Å². The normalized spacial score (nSPS) is 12.0. The third kappa shape index (κ3) is 8.65. The highest BCUT2D eigenvalue weighted by atomic mass is 28.2. The Hall–Kier alpha value is 0.0569. The highest BCUT2D eigenvalue weighted by molar-refractivity contribution is 6.36. The van der Waals surface area contributed by atoms with Crippen LogP contribution in [0.2, 0.25) is 6.04 Å². The maximum atomic E-state index is 5.38. The molecule has 0 aliphatic carbocycles. The number of nitrogens with two attached hydrogens (primary N) is 1. The molecular weight excluding hydrogens is 196 g/mol. The van der Waals surface area contributed by atoms with Gasteiger partial charge in [-0.3, -0.25) is 0 Å². The number of hydrogen-bond donors (Lipinski definition) is 2. The van der Waals surface area contributed by atoms with Crippen LogP contribution < -0.4 is 11.1 Å². The molecule has 0 aliphatic heterocycles. The van der Waals surface area contributed by atoms with Crippen molar-refractivity contribution in [2.24, 2.45) is 5.73 Å². The Balaban J connectivity index is 3.04. The zero-order valence-electron chi connectivity index (χ0n) is 9.42. The molecule has 0 saturated heterocycles. The van der Waals surface area contributed by atoms with E-state index in [4.69, 9.17) is 15.2 Å². The summed E-state index contributed by atoms with van der Waals surface area (Å²) in [5.74, 6) is 0.0963. The van der Waals surface area contributed by atoms with Gasteiger partial charge < -0.3 is 20.5 Å². The van der Waals surface area contributed by atoms with Gasteiger partial charge in [-0.05, 0) is 32.5 Å². The molecule has 86 valence electrons. The minimum atomic E-state index is -0.223. The summed E-state index contributed by atoms with van der Waals surface area (Å²) in [6.45, 7) is 2.90. The SMILES string of the molecule is COC(OC)[SiH2]CCCNCCCN. The van der Waals surface area contributed by atoms with Crippen LogP contribution in [0.1, 0.15) is 12.8 Å². The molecule has 0 amide bonds. The zero-order valence-corrected chi connectivity index (χ0v) is 10.8. The van der Waals surface area contributed by atoms with Gasteiger partial charge in [0.15, 0.2) is 0 Å². The molecule has 0 rings (SSSR count). The van der Waals surface area contributed by atoms with E-state index in [1.54, 1.807) is 14.2 Å². The molecule has 0 spiro atoms. The van der Waals surface area contributed by atoms with Gasteiger partial charge in [-0.1, -0.05) is 6.04 Å². The van der Waals surface area contributed by atoms with Crippen LogP contribution in [-0.4, -0.2) is 49.3 Å². The monoisotopic (exact) mass is 220 g/mol. The molecule has 0 heterocycles. The largest absolute Gasteiger partial charge is 0.360 e. The van der Waals surface area contributed by atoms with Crippen LogP contribution >= 0.6 is 0 Å². The fourth-order valence-electron chi connectivity index (χ4n) is 1.24. The van der Waals surface area contributed by atoms with Gasteiger partial charge in [0.1, 0.15) is 5.91 Å². The van der Waals surface area contributed by atoms with Crippen molar-refractivity contribution in [1.29, 1.82) is 0 Å². The topological polar surface area (TPSA) is 56.5 Å². The second kappa shape index (κ2) is 11.1. The fraction of sp³-hybridized carbons (Fsp3) is 1.00. The van der Waals surface area contributed by atoms with Gasteiger partial charge in [-0.2, -0.15) is 0 Å². The maximum Gasteiger partial charge on any atom is 0.134 e. The summed E-state index contributed by atoms with van der Waals surface area (Å²) in [6, 6.07) is 1.27. The minimum absolute atomic E-state index is 0.0963. The van der Waals surface area contributed by atoms with Crippen LogP contribution in [-0.2, 0) is 9.47 Å². The lowest BCUT2D eigenvalue weighted by atomic mass is 10.4. The second-order valence-corrected chi connectivity index (χ2v) is 5.24. The molecule has 0 aromatic heterocycles. The molecule has 0 radical (unpaired) electrons.